The molecule has 0 atom stereocenters. The van der Waals surface area contributed by atoms with Crippen LogP contribution < -0.4 is 5.32 Å². The van der Waals surface area contributed by atoms with E-state index in [2.05, 4.69) is 20.8 Å². The Morgan fingerprint density at radius 2 is 2.06 bits per heavy atom. The van der Waals surface area contributed by atoms with Crippen molar-refractivity contribution in [3.63, 3.8) is 0 Å². The molecule has 0 bridgehead atoms. The number of aromatic nitrogens is 4. The maximum absolute atomic E-state index is 12.0. The Kier molecular flexibility index (Phi) is 4.86. The lowest BCUT2D eigenvalue weighted by atomic mass is 10.3. The topological polar surface area (TPSA) is 55.6 Å². The molecule has 0 aliphatic carbocycles. The van der Waals surface area contributed by atoms with Gasteiger partial charge in [-0.05, 0) is 16.8 Å². The zero-order chi connectivity index (χ0) is 12.9. The van der Waals surface area contributed by atoms with Gasteiger partial charge in [-0.1, -0.05) is 13.8 Å². The highest BCUT2D eigenvalue weighted by molar-refractivity contribution is 4.80. The first-order valence-electron chi connectivity index (χ1n) is 5.43. The lowest BCUT2D eigenvalue weighted by Crippen LogP contribution is -2.24. The van der Waals surface area contributed by atoms with Gasteiger partial charge in [0.1, 0.15) is 0 Å². The molecule has 0 fully saturated rings. The Labute approximate surface area is 97.4 Å². The van der Waals surface area contributed by atoms with E-state index in [-0.39, 0.29) is 19.0 Å². The van der Waals surface area contributed by atoms with E-state index in [0.29, 0.717) is 12.4 Å². The Hall–Kier alpha value is -1.18. The fourth-order valence-electron chi connectivity index (χ4n) is 1.25. The van der Waals surface area contributed by atoms with Gasteiger partial charge in [0.25, 0.3) is 0 Å². The van der Waals surface area contributed by atoms with Crippen LogP contribution in [0.25, 0.3) is 0 Å². The minimum Gasteiger partial charge on any atom is -0.308 e. The van der Waals surface area contributed by atoms with Crippen LogP contribution in [0.4, 0.5) is 13.2 Å². The Morgan fingerprint density at radius 1 is 1.35 bits per heavy atom. The maximum atomic E-state index is 12.0. The van der Waals surface area contributed by atoms with Crippen molar-refractivity contribution < 1.29 is 13.2 Å². The number of hydrogen-bond acceptors (Lipinski definition) is 4. The van der Waals surface area contributed by atoms with E-state index in [1.165, 1.54) is 4.68 Å². The summed E-state index contributed by atoms with van der Waals surface area (Å²) >= 11 is 0. The lowest BCUT2D eigenvalue weighted by molar-refractivity contribution is -0.136. The van der Waals surface area contributed by atoms with E-state index < -0.39 is 12.6 Å². The van der Waals surface area contributed by atoms with Gasteiger partial charge in [-0.25, -0.2) is 4.68 Å². The highest BCUT2D eigenvalue weighted by Gasteiger charge is 2.26. The first-order chi connectivity index (χ1) is 7.88. The fourth-order valence-corrected chi connectivity index (χ4v) is 1.25. The van der Waals surface area contributed by atoms with Crippen molar-refractivity contribution in [1.29, 1.82) is 0 Å². The third kappa shape index (κ3) is 5.62. The fraction of sp³-hybridized carbons (Fsp3) is 0.889. The molecule has 1 rings (SSSR count). The number of nitrogens with zero attached hydrogens (tertiary/aromatic N) is 4. The van der Waals surface area contributed by atoms with Crippen LogP contribution >= 0.6 is 0 Å². The van der Waals surface area contributed by atoms with Crippen molar-refractivity contribution in [3.05, 3.63) is 5.82 Å². The molecule has 8 heteroatoms. The lowest BCUT2D eigenvalue weighted by Gasteiger charge is -2.09. The van der Waals surface area contributed by atoms with Gasteiger partial charge in [0, 0.05) is 19.0 Å². The number of nitrogens with one attached hydrogen (secondary N) is 1. The number of alkyl halides is 3. The molecule has 0 radical (unpaired) electrons. The number of rotatable bonds is 6. The molecule has 17 heavy (non-hydrogen) atoms. The molecule has 0 amide bonds. The predicted molar refractivity (Wildman–Crippen MR) is 55.1 cm³/mol. The largest absolute Gasteiger partial charge is 0.389 e. The zero-order valence-corrected chi connectivity index (χ0v) is 9.83. The molecule has 0 unspecified atom stereocenters. The second-order valence-electron chi connectivity index (χ2n) is 4.07. The molecule has 0 aliphatic rings. The molecule has 98 valence electrons. The van der Waals surface area contributed by atoms with Crippen molar-refractivity contribution in [3.8, 4) is 0 Å². The summed E-state index contributed by atoms with van der Waals surface area (Å²) in [6, 6.07) is 0.273. The van der Waals surface area contributed by atoms with E-state index in [1.54, 1.807) is 0 Å². The van der Waals surface area contributed by atoms with Gasteiger partial charge in [-0.3, -0.25) is 0 Å². The molecule has 5 nitrogen and oxygen atoms in total. The highest BCUT2D eigenvalue weighted by Crippen LogP contribution is 2.21. The van der Waals surface area contributed by atoms with Crippen LogP contribution in [-0.2, 0) is 13.1 Å². The van der Waals surface area contributed by atoms with Gasteiger partial charge >= 0.3 is 6.18 Å². The van der Waals surface area contributed by atoms with Crippen molar-refractivity contribution in [1.82, 2.24) is 25.5 Å². The zero-order valence-electron chi connectivity index (χ0n) is 9.83. The van der Waals surface area contributed by atoms with Gasteiger partial charge in [0.15, 0.2) is 5.82 Å². The van der Waals surface area contributed by atoms with Crippen LogP contribution in [0, 0.1) is 0 Å². The monoisotopic (exact) mass is 251 g/mol. The Balaban J connectivity index is 2.40. The summed E-state index contributed by atoms with van der Waals surface area (Å²) in [7, 11) is 0. The summed E-state index contributed by atoms with van der Waals surface area (Å²) in [5.74, 6) is 0.556. The summed E-state index contributed by atoms with van der Waals surface area (Å²) in [6.07, 6.45) is -4.95. The summed E-state index contributed by atoms with van der Waals surface area (Å²) in [5, 5.41) is 14.0. The second-order valence-corrected chi connectivity index (χ2v) is 4.07. The van der Waals surface area contributed by atoms with Gasteiger partial charge in [-0.15, -0.1) is 5.10 Å². The Bertz CT molecular complexity index is 334. The SMILES string of the molecule is CC(C)NCc1nnnn1CCCC(F)(F)F. The van der Waals surface area contributed by atoms with Crippen molar-refractivity contribution in [2.45, 2.75) is 52.0 Å². The van der Waals surface area contributed by atoms with Crippen molar-refractivity contribution >= 4 is 0 Å². The second kappa shape index (κ2) is 5.95. The molecule has 1 heterocycles. The van der Waals surface area contributed by atoms with Crippen LogP contribution in [0.3, 0.4) is 0 Å². The molecule has 1 N–H and O–H groups in total. The van der Waals surface area contributed by atoms with Crippen LogP contribution in [0.5, 0.6) is 0 Å². The first kappa shape index (κ1) is 13.9. The molecule has 1 aromatic heterocycles. The Morgan fingerprint density at radius 3 is 2.65 bits per heavy atom. The maximum Gasteiger partial charge on any atom is 0.389 e. The first-order valence-corrected chi connectivity index (χ1v) is 5.43. The minimum absolute atomic E-state index is 0.0107. The van der Waals surface area contributed by atoms with E-state index >= 15 is 0 Å². The van der Waals surface area contributed by atoms with Crippen LogP contribution in [0.2, 0.25) is 0 Å². The van der Waals surface area contributed by atoms with Crippen molar-refractivity contribution in [2.75, 3.05) is 0 Å². The third-order valence-electron chi connectivity index (χ3n) is 2.10. The van der Waals surface area contributed by atoms with Gasteiger partial charge < -0.3 is 5.32 Å². The van der Waals surface area contributed by atoms with Crippen LogP contribution in [0.1, 0.15) is 32.5 Å². The highest BCUT2D eigenvalue weighted by atomic mass is 19.4. The van der Waals surface area contributed by atoms with Gasteiger partial charge in [0.05, 0.1) is 6.54 Å². The number of tetrazole rings is 1. The average Bonchev–Trinajstić information content (AvgIpc) is 2.60. The summed E-state index contributed by atoms with van der Waals surface area (Å²) in [4.78, 5) is 0. The summed E-state index contributed by atoms with van der Waals surface area (Å²) in [6.45, 7) is 4.58. The molecule has 0 aromatic carbocycles. The number of hydrogen-bond donors (Lipinski definition) is 1. The molecule has 0 spiro atoms. The predicted octanol–water partition coefficient (Wildman–Crippen LogP) is 1.51. The molecule has 0 saturated carbocycles. The normalized spacial score (nSPS) is 12.4. The van der Waals surface area contributed by atoms with Crippen LogP contribution in [-0.4, -0.2) is 32.4 Å². The average molecular weight is 251 g/mol. The minimum atomic E-state index is -4.12. The molecular formula is C9H16F3N5. The summed E-state index contributed by atoms with van der Waals surface area (Å²) in [5.41, 5.74) is 0. The number of aryl methyl sites for hydroxylation is 1. The standard InChI is InChI=1S/C9H16F3N5/c1-7(2)13-6-8-14-15-16-17(8)5-3-4-9(10,11)12/h7,13H,3-6H2,1-2H3. The van der Waals surface area contributed by atoms with Crippen molar-refractivity contribution in [2.24, 2.45) is 0 Å². The van der Waals surface area contributed by atoms with E-state index in [1.807, 2.05) is 13.8 Å². The number of halogens is 3. The molecule has 0 saturated heterocycles. The molecule has 0 aliphatic heterocycles. The molecular weight excluding hydrogens is 235 g/mol. The van der Waals surface area contributed by atoms with E-state index in [9.17, 15) is 13.2 Å². The third-order valence-corrected chi connectivity index (χ3v) is 2.10. The quantitative estimate of drug-likeness (QED) is 0.832. The van der Waals surface area contributed by atoms with Gasteiger partial charge in [-0.2, -0.15) is 13.2 Å². The summed E-state index contributed by atoms with van der Waals surface area (Å²) < 4.78 is 37.3. The van der Waals surface area contributed by atoms with Crippen LogP contribution in [0.15, 0.2) is 0 Å². The van der Waals surface area contributed by atoms with E-state index in [4.69, 9.17) is 0 Å². The van der Waals surface area contributed by atoms with E-state index in [0.717, 1.165) is 0 Å². The smallest absolute Gasteiger partial charge is 0.308 e. The van der Waals surface area contributed by atoms with Gasteiger partial charge in [0.2, 0.25) is 0 Å². The molecule has 1 aromatic rings.